The van der Waals surface area contributed by atoms with E-state index < -0.39 is 0 Å². The molecule has 1 fully saturated rings. The number of thiazole rings is 1. The molecule has 1 aliphatic rings. The van der Waals surface area contributed by atoms with Crippen LogP contribution in [0.4, 0.5) is 10.2 Å². The number of likely N-dealkylation sites (tertiary alicyclic amines) is 1. The fourth-order valence-corrected chi connectivity index (χ4v) is 7.13. The number of carbonyl (C=O) groups excluding carboxylic acids is 1. The average Bonchev–Trinajstić information content (AvgIpc) is 3.78. The zero-order valence-corrected chi connectivity index (χ0v) is 26.7. The van der Waals surface area contributed by atoms with Crippen molar-refractivity contribution in [3.05, 3.63) is 101 Å². The molecule has 0 unspecified atom stereocenters. The predicted molar refractivity (Wildman–Crippen MR) is 179 cm³/mol. The number of nitrogens with zero attached hydrogens (tertiary/aromatic N) is 9. The quantitative estimate of drug-likeness (QED) is 0.199. The summed E-state index contributed by atoms with van der Waals surface area (Å²) < 4.78 is 17.5. The summed E-state index contributed by atoms with van der Waals surface area (Å²) in [5, 5.41) is 13.5. The first kappa shape index (κ1) is 30.3. The number of benzene rings is 1. The van der Waals surface area contributed by atoms with E-state index in [4.69, 9.17) is 16.8 Å². The van der Waals surface area contributed by atoms with Crippen LogP contribution in [-0.4, -0.2) is 71.3 Å². The first-order valence-electron chi connectivity index (χ1n) is 15.3. The number of fused-ring (bicyclic) bond motifs is 1. The van der Waals surface area contributed by atoms with E-state index in [-0.39, 0.29) is 17.6 Å². The van der Waals surface area contributed by atoms with Gasteiger partial charge in [0.2, 0.25) is 6.54 Å². The highest BCUT2D eigenvalue weighted by atomic mass is 32.1. The molecule has 0 atom stereocenters. The second kappa shape index (κ2) is 12.8. The SMILES string of the molecule is [C-]#[N+]CCN1CCC(c2c(-c3ccc4nc(NC(=O)c5sc(-c6ccncc6)nc5C)cn4n3)c(-c3ccc(F)cc3)nn2C)CC1. The lowest BCUT2D eigenvalue weighted by Gasteiger charge is -2.31. The number of imidazole rings is 1. The third kappa shape index (κ3) is 6.13. The van der Waals surface area contributed by atoms with Crippen LogP contribution in [-0.2, 0) is 7.05 Å². The number of aryl methyl sites for hydroxylation is 2. The van der Waals surface area contributed by atoms with Crippen molar-refractivity contribution in [1.29, 1.82) is 0 Å². The van der Waals surface area contributed by atoms with Crippen molar-refractivity contribution < 1.29 is 9.18 Å². The van der Waals surface area contributed by atoms with Gasteiger partial charge in [0.15, 0.2) is 11.5 Å². The largest absolute Gasteiger partial charge is 0.316 e. The molecule has 1 amide bonds. The molecule has 1 saturated heterocycles. The fourth-order valence-electron chi connectivity index (χ4n) is 6.16. The van der Waals surface area contributed by atoms with Gasteiger partial charge < -0.3 is 10.2 Å². The Labute approximate surface area is 274 Å². The Kier molecular flexibility index (Phi) is 8.28. The number of aromatic nitrogens is 7. The molecule has 6 aromatic rings. The van der Waals surface area contributed by atoms with Crippen molar-refractivity contribution >= 4 is 28.7 Å². The zero-order valence-electron chi connectivity index (χ0n) is 25.9. The molecule has 1 aromatic carbocycles. The lowest BCUT2D eigenvalue weighted by Crippen LogP contribution is -2.35. The van der Waals surface area contributed by atoms with Gasteiger partial charge in [0.05, 0.1) is 35.4 Å². The Morgan fingerprint density at radius 1 is 1.04 bits per heavy atom. The van der Waals surface area contributed by atoms with Gasteiger partial charge in [0.1, 0.15) is 21.4 Å². The molecule has 5 aromatic heterocycles. The van der Waals surface area contributed by atoms with E-state index in [1.54, 1.807) is 35.2 Å². The van der Waals surface area contributed by atoms with Crippen molar-refractivity contribution in [3.63, 3.8) is 0 Å². The van der Waals surface area contributed by atoms with Crippen LogP contribution in [0, 0.1) is 19.3 Å². The number of halogens is 1. The minimum Gasteiger partial charge on any atom is -0.316 e. The van der Waals surface area contributed by atoms with Crippen molar-refractivity contribution in [2.24, 2.45) is 7.05 Å². The van der Waals surface area contributed by atoms with E-state index >= 15 is 0 Å². The summed E-state index contributed by atoms with van der Waals surface area (Å²) >= 11 is 1.32. The highest BCUT2D eigenvalue weighted by Gasteiger charge is 2.30. The summed E-state index contributed by atoms with van der Waals surface area (Å²) in [6.45, 7) is 12.0. The molecule has 7 rings (SSSR count). The van der Waals surface area contributed by atoms with Gasteiger partial charge in [0, 0.05) is 36.5 Å². The number of rotatable bonds is 8. The molecule has 11 nitrogen and oxygen atoms in total. The Morgan fingerprint density at radius 2 is 1.81 bits per heavy atom. The standard InChI is InChI=1S/C34H31FN10OS/c1-21-32(47-34(38-21)24-10-14-37-15-11-24)33(46)40-27-20-45-28(39-27)9-8-26(41-45)29-30(22-4-6-25(35)7-5-22)42-43(3)31(29)23-12-17-44(18-13-23)19-16-36-2/h4-11,14-15,20,23H,12-13,16-19H2,1,3H3,(H,40,46). The first-order valence-corrected chi connectivity index (χ1v) is 16.1. The summed E-state index contributed by atoms with van der Waals surface area (Å²) in [6.07, 6.45) is 6.94. The topological polar surface area (TPSA) is 110 Å². The van der Waals surface area contributed by atoms with Gasteiger partial charge >= 0.3 is 0 Å². The number of hydrogen-bond donors (Lipinski definition) is 1. The molecule has 0 radical (unpaired) electrons. The fraction of sp³-hybridized carbons (Fsp3) is 0.265. The maximum absolute atomic E-state index is 13.9. The number of amides is 1. The van der Waals surface area contributed by atoms with Crippen LogP contribution in [0.1, 0.15) is 39.8 Å². The lowest BCUT2D eigenvalue weighted by molar-refractivity contribution is 0.102. The predicted octanol–water partition coefficient (Wildman–Crippen LogP) is 6.11. The molecular formula is C34H31FN10OS. The third-order valence-electron chi connectivity index (χ3n) is 8.46. The smallest absolute Gasteiger partial charge is 0.268 e. The van der Waals surface area contributed by atoms with Gasteiger partial charge in [-0.1, -0.05) is 0 Å². The number of anilines is 1. The first-order chi connectivity index (χ1) is 22.9. The van der Waals surface area contributed by atoms with Crippen LogP contribution in [0.5, 0.6) is 0 Å². The average molecular weight is 647 g/mol. The third-order valence-corrected chi connectivity index (χ3v) is 9.66. The van der Waals surface area contributed by atoms with Gasteiger partial charge in [-0.3, -0.25) is 19.4 Å². The van der Waals surface area contributed by atoms with Gasteiger partial charge in [-0.05, 0) is 81.4 Å². The van der Waals surface area contributed by atoms with Gasteiger partial charge in [-0.25, -0.2) is 25.4 Å². The molecule has 0 aliphatic carbocycles. The maximum atomic E-state index is 13.9. The number of piperidine rings is 1. The molecule has 0 spiro atoms. The minimum atomic E-state index is -0.312. The molecule has 6 heterocycles. The monoisotopic (exact) mass is 646 g/mol. The summed E-state index contributed by atoms with van der Waals surface area (Å²) in [7, 11) is 1.95. The normalized spacial score (nSPS) is 14.0. The molecule has 1 N–H and O–H groups in total. The van der Waals surface area contributed by atoms with Crippen LogP contribution in [0.2, 0.25) is 0 Å². The van der Waals surface area contributed by atoms with Gasteiger partial charge in [0.25, 0.3) is 5.91 Å². The zero-order chi connectivity index (χ0) is 32.5. The van der Waals surface area contributed by atoms with Gasteiger partial charge in [-0.2, -0.15) is 10.2 Å². The number of hydrogen-bond acceptors (Lipinski definition) is 8. The molecule has 236 valence electrons. The molecular weight excluding hydrogens is 616 g/mol. The summed E-state index contributed by atoms with van der Waals surface area (Å²) in [5.74, 6) is -0.00159. The number of carbonyl (C=O) groups is 1. The van der Waals surface area contributed by atoms with Crippen LogP contribution < -0.4 is 5.32 Å². The summed E-state index contributed by atoms with van der Waals surface area (Å²) in [4.78, 5) is 32.9. The van der Waals surface area contributed by atoms with Crippen LogP contribution in [0.25, 0.3) is 43.6 Å². The Morgan fingerprint density at radius 3 is 2.55 bits per heavy atom. The highest BCUT2D eigenvalue weighted by Crippen LogP contribution is 2.40. The van der Waals surface area contributed by atoms with E-state index in [2.05, 4.69) is 30.0 Å². The molecule has 47 heavy (non-hydrogen) atoms. The minimum absolute atomic E-state index is 0.232. The Balaban J connectivity index is 1.21. The van der Waals surface area contributed by atoms with E-state index in [0.717, 1.165) is 65.6 Å². The molecule has 0 saturated carbocycles. The van der Waals surface area contributed by atoms with Crippen molar-refractivity contribution in [3.8, 4) is 33.1 Å². The molecule has 13 heteroatoms. The molecule has 1 aliphatic heterocycles. The molecule has 0 bridgehead atoms. The van der Waals surface area contributed by atoms with E-state index in [0.29, 0.717) is 34.3 Å². The number of nitrogens with one attached hydrogen (secondary N) is 1. The maximum Gasteiger partial charge on any atom is 0.268 e. The van der Waals surface area contributed by atoms with E-state index in [1.807, 2.05) is 42.9 Å². The summed E-state index contributed by atoms with van der Waals surface area (Å²) in [6, 6.07) is 13.9. The summed E-state index contributed by atoms with van der Waals surface area (Å²) in [5.41, 5.74) is 6.29. The van der Waals surface area contributed by atoms with Crippen LogP contribution >= 0.6 is 11.3 Å². The lowest BCUT2D eigenvalue weighted by atomic mass is 9.88. The van der Waals surface area contributed by atoms with Crippen molar-refractivity contribution in [1.82, 2.24) is 39.2 Å². The van der Waals surface area contributed by atoms with Gasteiger partial charge in [-0.15, -0.1) is 11.3 Å². The highest BCUT2D eigenvalue weighted by molar-refractivity contribution is 7.17. The van der Waals surface area contributed by atoms with Crippen molar-refractivity contribution in [2.75, 3.05) is 31.5 Å². The number of pyridine rings is 1. The van der Waals surface area contributed by atoms with E-state index in [1.165, 1.54) is 23.5 Å². The van der Waals surface area contributed by atoms with E-state index in [9.17, 15) is 9.18 Å². The van der Waals surface area contributed by atoms with Crippen LogP contribution in [0.3, 0.4) is 0 Å². The Bertz CT molecular complexity index is 2100. The Hall–Kier alpha value is -5.32. The second-order valence-corrected chi connectivity index (χ2v) is 12.5. The van der Waals surface area contributed by atoms with Crippen LogP contribution in [0.15, 0.2) is 67.1 Å². The second-order valence-electron chi connectivity index (χ2n) is 11.5. The van der Waals surface area contributed by atoms with Crippen molar-refractivity contribution in [2.45, 2.75) is 25.7 Å².